The largest absolute Gasteiger partial charge is 0.368 e. The van der Waals surface area contributed by atoms with E-state index in [0.717, 1.165) is 24.1 Å². The molecule has 0 saturated heterocycles. The normalized spacial score (nSPS) is 11.0. The molecule has 8 heteroatoms. The van der Waals surface area contributed by atoms with Gasteiger partial charge in [-0.15, -0.1) is 5.10 Å². The van der Waals surface area contributed by atoms with E-state index in [9.17, 15) is 0 Å². The first-order valence-electron chi connectivity index (χ1n) is 6.80. The lowest BCUT2D eigenvalue weighted by Gasteiger charge is -2.18. The number of benzene rings is 1. The number of nitrogen functional groups attached to an aromatic ring is 1. The molecule has 3 rings (SSSR count). The van der Waals surface area contributed by atoms with Crippen LogP contribution in [0.2, 0.25) is 0 Å². The number of fused-ring (bicyclic) bond motifs is 1. The van der Waals surface area contributed by atoms with Crippen molar-refractivity contribution in [2.24, 2.45) is 0 Å². The Kier molecular flexibility index (Phi) is 3.35. The molecule has 0 atom stereocenters. The highest BCUT2D eigenvalue weighted by molar-refractivity contribution is 5.75. The number of para-hydroxylation sites is 1. The van der Waals surface area contributed by atoms with Crippen LogP contribution in [0.1, 0.15) is 13.8 Å². The Morgan fingerprint density at radius 2 is 1.86 bits per heavy atom. The second kappa shape index (κ2) is 5.31. The first kappa shape index (κ1) is 13.2. The van der Waals surface area contributed by atoms with Crippen LogP contribution in [0.4, 0.5) is 11.9 Å². The zero-order chi connectivity index (χ0) is 14.8. The van der Waals surface area contributed by atoms with E-state index in [4.69, 9.17) is 5.73 Å². The summed E-state index contributed by atoms with van der Waals surface area (Å²) in [7, 11) is 0. The Morgan fingerprint density at radius 3 is 2.62 bits per heavy atom. The van der Waals surface area contributed by atoms with Crippen molar-refractivity contribution in [3.05, 3.63) is 24.3 Å². The Morgan fingerprint density at radius 1 is 1.10 bits per heavy atom. The van der Waals surface area contributed by atoms with Gasteiger partial charge in [-0.2, -0.15) is 19.6 Å². The molecule has 21 heavy (non-hydrogen) atoms. The maximum absolute atomic E-state index is 5.81. The van der Waals surface area contributed by atoms with Crippen molar-refractivity contribution in [3.63, 3.8) is 0 Å². The minimum Gasteiger partial charge on any atom is -0.368 e. The first-order chi connectivity index (χ1) is 10.2. The monoisotopic (exact) mass is 284 g/mol. The molecule has 0 radical (unpaired) electrons. The van der Waals surface area contributed by atoms with Gasteiger partial charge in [-0.3, -0.25) is 0 Å². The van der Waals surface area contributed by atoms with Crippen molar-refractivity contribution in [1.29, 1.82) is 0 Å². The fraction of sp³-hybridized carbons (Fsp3) is 0.308. The summed E-state index contributed by atoms with van der Waals surface area (Å²) in [5.41, 5.74) is 7.41. The van der Waals surface area contributed by atoms with Gasteiger partial charge in [0.25, 0.3) is 5.95 Å². The number of aromatic nitrogens is 6. The van der Waals surface area contributed by atoms with Crippen molar-refractivity contribution < 1.29 is 0 Å². The van der Waals surface area contributed by atoms with Crippen LogP contribution < -0.4 is 10.6 Å². The summed E-state index contributed by atoms with van der Waals surface area (Å²) in [5, 5.41) is 8.20. The molecule has 0 spiro atoms. The quantitative estimate of drug-likeness (QED) is 0.764. The molecule has 8 nitrogen and oxygen atoms in total. The molecule has 0 fully saturated rings. The maximum Gasteiger partial charge on any atom is 0.259 e. The predicted molar refractivity (Wildman–Crippen MR) is 80.2 cm³/mol. The van der Waals surface area contributed by atoms with E-state index in [1.807, 2.05) is 43.0 Å². The third-order valence-electron chi connectivity index (χ3n) is 3.22. The predicted octanol–water partition coefficient (Wildman–Crippen LogP) is 1.03. The third kappa shape index (κ3) is 2.35. The van der Waals surface area contributed by atoms with E-state index in [0.29, 0.717) is 11.9 Å². The molecular weight excluding hydrogens is 268 g/mol. The molecule has 2 N–H and O–H groups in total. The van der Waals surface area contributed by atoms with E-state index in [1.165, 1.54) is 0 Å². The highest BCUT2D eigenvalue weighted by Crippen LogP contribution is 2.16. The highest BCUT2D eigenvalue weighted by atomic mass is 15.5. The van der Waals surface area contributed by atoms with Gasteiger partial charge in [0.05, 0.1) is 5.52 Å². The van der Waals surface area contributed by atoms with Crippen LogP contribution in [-0.2, 0) is 0 Å². The Labute approximate surface area is 121 Å². The lowest BCUT2D eigenvalue weighted by Crippen LogP contribution is -2.25. The molecule has 0 bridgehead atoms. The van der Waals surface area contributed by atoms with Gasteiger partial charge in [0.15, 0.2) is 0 Å². The standard InChI is InChI=1S/C13H16N8/c1-3-20(4-2)12-15-11(14)16-13(17-12)21-10-8-6-5-7-9(10)18-19-21/h5-8H,3-4H2,1-2H3,(H2,14,15,16,17). The zero-order valence-corrected chi connectivity index (χ0v) is 11.9. The Balaban J connectivity index is 2.14. The number of nitrogens with zero attached hydrogens (tertiary/aromatic N) is 7. The summed E-state index contributed by atoms with van der Waals surface area (Å²) in [5.74, 6) is 1.08. The van der Waals surface area contributed by atoms with Gasteiger partial charge in [-0.1, -0.05) is 17.3 Å². The van der Waals surface area contributed by atoms with Crippen molar-refractivity contribution in [3.8, 4) is 5.95 Å². The summed E-state index contributed by atoms with van der Waals surface area (Å²) in [6.45, 7) is 5.65. The number of hydrogen-bond acceptors (Lipinski definition) is 7. The van der Waals surface area contributed by atoms with E-state index < -0.39 is 0 Å². The molecule has 0 amide bonds. The van der Waals surface area contributed by atoms with Gasteiger partial charge in [0.1, 0.15) is 5.52 Å². The van der Waals surface area contributed by atoms with Gasteiger partial charge in [-0.05, 0) is 26.0 Å². The van der Waals surface area contributed by atoms with Gasteiger partial charge in [-0.25, -0.2) is 0 Å². The molecule has 0 aliphatic rings. The second-order valence-electron chi connectivity index (χ2n) is 4.46. The number of rotatable bonds is 4. The number of anilines is 2. The molecular formula is C13H16N8. The molecule has 2 aromatic heterocycles. The zero-order valence-electron chi connectivity index (χ0n) is 11.9. The lowest BCUT2D eigenvalue weighted by molar-refractivity contribution is 0.748. The van der Waals surface area contributed by atoms with Crippen LogP contribution in [0.3, 0.4) is 0 Å². The fourth-order valence-corrected chi connectivity index (χ4v) is 2.13. The highest BCUT2D eigenvalue weighted by Gasteiger charge is 2.14. The minimum absolute atomic E-state index is 0.168. The SMILES string of the molecule is CCN(CC)c1nc(N)nc(-n2nnc3ccccc32)n1. The lowest BCUT2D eigenvalue weighted by atomic mass is 10.3. The molecule has 108 valence electrons. The smallest absolute Gasteiger partial charge is 0.259 e. The van der Waals surface area contributed by atoms with Crippen LogP contribution in [0, 0.1) is 0 Å². The maximum atomic E-state index is 5.81. The summed E-state index contributed by atoms with van der Waals surface area (Å²) >= 11 is 0. The first-order valence-corrected chi connectivity index (χ1v) is 6.80. The third-order valence-corrected chi connectivity index (χ3v) is 3.22. The van der Waals surface area contributed by atoms with Crippen molar-refractivity contribution in [1.82, 2.24) is 29.9 Å². The molecule has 0 aliphatic heterocycles. The average Bonchev–Trinajstić information content (AvgIpc) is 2.92. The van der Waals surface area contributed by atoms with Crippen LogP contribution in [-0.4, -0.2) is 43.0 Å². The number of hydrogen-bond donors (Lipinski definition) is 1. The molecule has 0 saturated carbocycles. The van der Waals surface area contributed by atoms with Crippen molar-refractivity contribution in [2.75, 3.05) is 23.7 Å². The van der Waals surface area contributed by atoms with Gasteiger partial charge < -0.3 is 10.6 Å². The van der Waals surface area contributed by atoms with Crippen LogP contribution >= 0.6 is 0 Å². The van der Waals surface area contributed by atoms with Crippen LogP contribution in [0.25, 0.3) is 17.0 Å². The summed E-state index contributed by atoms with van der Waals surface area (Å²) in [6.07, 6.45) is 0. The number of nitrogens with two attached hydrogens (primary N) is 1. The van der Waals surface area contributed by atoms with Crippen LogP contribution in [0.5, 0.6) is 0 Å². The Bertz CT molecular complexity index is 762. The van der Waals surface area contributed by atoms with E-state index in [-0.39, 0.29) is 5.95 Å². The minimum atomic E-state index is 0.168. The molecule has 2 heterocycles. The summed E-state index contributed by atoms with van der Waals surface area (Å²) in [6, 6.07) is 7.61. The van der Waals surface area contributed by atoms with E-state index in [2.05, 4.69) is 25.3 Å². The molecule has 0 aliphatic carbocycles. The van der Waals surface area contributed by atoms with E-state index in [1.54, 1.807) is 4.68 Å². The second-order valence-corrected chi connectivity index (χ2v) is 4.46. The molecule has 0 unspecified atom stereocenters. The van der Waals surface area contributed by atoms with Crippen molar-refractivity contribution >= 4 is 22.9 Å². The van der Waals surface area contributed by atoms with Gasteiger partial charge in [0, 0.05) is 13.1 Å². The van der Waals surface area contributed by atoms with Gasteiger partial charge >= 0.3 is 0 Å². The molecule has 3 aromatic rings. The van der Waals surface area contributed by atoms with Crippen molar-refractivity contribution in [2.45, 2.75) is 13.8 Å². The summed E-state index contributed by atoms with van der Waals surface area (Å²) in [4.78, 5) is 14.8. The van der Waals surface area contributed by atoms with Gasteiger partial charge in [0.2, 0.25) is 11.9 Å². The van der Waals surface area contributed by atoms with E-state index >= 15 is 0 Å². The molecule has 1 aromatic carbocycles. The average molecular weight is 284 g/mol. The van der Waals surface area contributed by atoms with Crippen LogP contribution in [0.15, 0.2) is 24.3 Å². The Hall–Kier alpha value is -2.77. The summed E-state index contributed by atoms with van der Waals surface area (Å²) < 4.78 is 1.57. The fourth-order valence-electron chi connectivity index (χ4n) is 2.13. The topological polar surface area (TPSA) is 98.6 Å².